The molecule has 3 aliphatic rings. The number of ether oxygens (including phenoxy) is 7. The van der Waals surface area contributed by atoms with Crippen molar-refractivity contribution in [1.82, 2.24) is 0 Å². The van der Waals surface area contributed by atoms with Crippen LogP contribution in [-0.4, -0.2) is 204 Å². The molecule has 0 aromatic carbocycles. The number of allylic oxidation sites excluding steroid dienone is 2. The van der Waals surface area contributed by atoms with Gasteiger partial charge in [-0.15, -0.1) is 0 Å². The van der Waals surface area contributed by atoms with Crippen LogP contribution in [0.4, 0.5) is 0 Å². The van der Waals surface area contributed by atoms with Crippen molar-refractivity contribution in [2.75, 3.05) is 26.4 Å². The van der Waals surface area contributed by atoms with Gasteiger partial charge in [-0.05, 0) is 44.9 Å². The van der Waals surface area contributed by atoms with Gasteiger partial charge in [0.2, 0.25) is 0 Å². The molecule has 0 aromatic heterocycles. The van der Waals surface area contributed by atoms with Crippen LogP contribution in [-0.2, 0) is 61.2 Å². The maximum absolute atomic E-state index is 14.3. The van der Waals surface area contributed by atoms with Gasteiger partial charge < -0.3 is 89.1 Å². The zero-order chi connectivity index (χ0) is 73.2. The maximum Gasteiger partial charge on any atom is 0.472 e. The monoisotopic (exact) mass is 1450 g/mol. The van der Waals surface area contributed by atoms with Crippen molar-refractivity contribution in [2.24, 2.45) is 0 Å². The first-order valence-corrected chi connectivity index (χ1v) is 41.0. The molecular formula is C75H139O24P. The predicted octanol–water partition coefficient (Wildman–Crippen LogP) is 11.5. The normalized spacial score (nSPS) is 27.3. The Labute approximate surface area is 599 Å². The van der Waals surface area contributed by atoms with Crippen LogP contribution in [0.2, 0.25) is 0 Å². The van der Waals surface area contributed by atoms with Gasteiger partial charge in [-0.1, -0.05) is 264 Å². The lowest BCUT2D eigenvalue weighted by atomic mass is 9.84. The third-order valence-electron chi connectivity index (χ3n) is 19.5. The number of rotatable bonds is 62. The lowest BCUT2D eigenvalue weighted by Crippen LogP contribution is -2.69. The number of hydrogen-bond acceptors (Lipinski definition) is 23. The maximum atomic E-state index is 14.3. The van der Waals surface area contributed by atoms with Gasteiger partial charge in [0.05, 0.1) is 13.2 Å². The van der Waals surface area contributed by atoms with Crippen LogP contribution in [0.5, 0.6) is 0 Å². The number of aliphatic hydroxyl groups is 10. The van der Waals surface area contributed by atoms with E-state index in [4.69, 9.17) is 42.2 Å². The minimum Gasteiger partial charge on any atom is -0.463 e. The summed E-state index contributed by atoms with van der Waals surface area (Å²) >= 11 is 0. The Morgan fingerprint density at radius 2 is 0.700 bits per heavy atom. The SMILES string of the molecule is CCCCCCCC/C=C\CCCCCC(=O)OCC(COP(=O)(O)OC1C(OC2OC(CO)C(O)C(O)C2O)C(O)C(O)C(O)C1OC1OC(COC(=O)CCCCCCCCCCCCCCCCCCC)C(O)C(O)C1O)OC(=O)CCCCCCCCCCCCCCCCC. The molecule has 1 saturated carbocycles. The van der Waals surface area contributed by atoms with Gasteiger partial charge in [-0.2, -0.15) is 0 Å². The molecular weight excluding hydrogens is 1320 g/mol. The van der Waals surface area contributed by atoms with Gasteiger partial charge in [-0.3, -0.25) is 23.4 Å². The molecule has 24 nitrogen and oxygen atoms in total. The molecule has 25 heteroatoms. The minimum atomic E-state index is -5.70. The summed E-state index contributed by atoms with van der Waals surface area (Å²) in [6.45, 7) is 3.46. The number of unbranched alkanes of at least 4 members (excludes halogenated alkanes) is 39. The van der Waals surface area contributed by atoms with Crippen LogP contribution in [0.25, 0.3) is 0 Å². The average Bonchev–Trinajstić information content (AvgIpc) is 0.760. The number of carbonyl (C=O) groups is 3. The van der Waals surface area contributed by atoms with Crippen molar-refractivity contribution in [2.45, 2.75) is 420 Å². The van der Waals surface area contributed by atoms with Gasteiger partial charge in [0.1, 0.15) is 98.7 Å². The Hall–Kier alpha value is -2.30. The highest BCUT2D eigenvalue weighted by atomic mass is 31.2. The molecule has 2 heterocycles. The fourth-order valence-corrected chi connectivity index (χ4v) is 14.1. The fourth-order valence-electron chi connectivity index (χ4n) is 13.1. The minimum absolute atomic E-state index is 0.0278. The van der Waals surface area contributed by atoms with Crippen molar-refractivity contribution in [3.05, 3.63) is 12.2 Å². The van der Waals surface area contributed by atoms with E-state index in [0.29, 0.717) is 19.3 Å². The highest BCUT2D eigenvalue weighted by Gasteiger charge is 2.58. The highest BCUT2D eigenvalue weighted by Crippen LogP contribution is 2.49. The molecule has 0 bridgehead atoms. The predicted molar refractivity (Wildman–Crippen MR) is 379 cm³/mol. The molecule has 0 radical (unpaired) electrons. The summed E-state index contributed by atoms with van der Waals surface area (Å²) in [5.74, 6) is -2.00. The van der Waals surface area contributed by atoms with Crippen molar-refractivity contribution >= 4 is 25.7 Å². The van der Waals surface area contributed by atoms with Crippen molar-refractivity contribution in [3.63, 3.8) is 0 Å². The number of phosphoric ester groups is 1. The van der Waals surface area contributed by atoms with Crippen LogP contribution >= 0.6 is 7.82 Å². The third-order valence-corrected chi connectivity index (χ3v) is 20.5. The average molecular weight is 1460 g/mol. The van der Waals surface area contributed by atoms with Gasteiger partial charge in [-0.25, -0.2) is 4.57 Å². The van der Waals surface area contributed by atoms with E-state index in [-0.39, 0.29) is 19.3 Å². The summed E-state index contributed by atoms with van der Waals surface area (Å²) in [5.41, 5.74) is 0. The first-order chi connectivity index (χ1) is 48.3. The van der Waals surface area contributed by atoms with Crippen LogP contribution in [0.15, 0.2) is 12.2 Å². The molecule has 2 aliphatic heterocycles. The summed E-state index contributed by atoms with van der Waals surface area (Å²) in [7, 11) is -5.70. The van der Waals surface area contributed by atoms with E-state index in [9.17, 15) is 74.9 Å². The summed E-state index contributed by atoms with van der Waals surface area (Å²) in [6.07, 6.45) is 16.9. The van der Waals surface area contributed by atoms with Crippen LogP contribution < -0.4 is 0 Å². The number of phosphoric acid groups is 1. The number of carbonyl (C=O) groups excluding carboxylic acids is 3. The van der Waals surface area contributed by atoms with E-state index in [1.165, 1.54) is 161 Å². The Morgan fingerprint density at radius 3 is 1.09 bits per heavy atom. The molecule has 0 amide bonds. The molecule has 18 unspecified atom stereocenters. The van der Waals surface area contributed by atoms with Crippen LogP contribution in [0.1, 0.15) is 316 Å². The number of hydrogen-bond donors (Lipinski definition) is 11. The smallest absolute Gasteiger partial charge is 0.463 e. The Kier molecular flexibility index (Phi) is 52.3. The standard InChI is InChI=1S/C75H139O24P/c1-4-7-10-13-16-19-22-25-27-28-30-32-35-38-41-44-47-50-60(78)92-55-58-63(81)65(83)70(88)75(96-58)98-72-68(86)66(84)67(85)71(97-74-69(87)64(82)62(80)57(52-76)95-74)73(72)99-100(89,90)93-54-56(53-91-59(77)49-46-43-40-37-34-31-24-21-18-15-12-9-6-3)94-61(79)51-48-45-42-39-36-33-29-26-23-20-17-14-11-8-5-2/h31,34,56-58,62-76,80-88H,4-30,32-33,35-55H2,1-3H3,(H,89,90)/b34-31-. The summed E-state index contributed by atoms with van der Waals surface area (Å²) in [6, 6.07) is 0. The first kappa shape index (κ1) is 91.9. The van der Waals surface area contributed by atoms with E-state index in [1.54, 1.807) is 0 Å². The van der Waals surface area contributed by atoms with Crippen LogP contribution in [0, 0.1) is 0 Å². The topological polar surface area (TPSA) is 374 Å². The molecule has 18 atom stereocenters. The van der Waals surface area contributed by atoms with Gasteiger partial charge in [0.25, 0.3) is 0 Å². The summed E-state index contributed by atoms with van der Waals surface area (Å²) in [5, 5.41) is 110. The molecule has 11 N–H and O–H groups in total. The summed E-state index contributed by atoms with van der Waals surface area (Å²) < 4.78 is 65.1. The summed E-state index contributed by atoms with van der Waals surface area (Å²) in [4.78, 5) is 51.1. The molecule has 3 rings (SSSR count). The largest absolute Gasteiger partial charge is 0.472 e. The second-order valence-electron chi connectivity index (χ2n) is 28.4. The molecule has 0 aromatic rings. The van der Waals surface area contributed by atoms with Crippen LogP contribution in [0.3, 0.4) is 0 Å². The zero-order valence-corrected chi connectivity index (χ0v) is 62.4. The molecule has 588 valence electrons. The van der Waals surface area contributed by atoms with Crippen molar-refractivity contribution in [3.8, 4) is 0 Å². The van der Waals surface area contributed by atoms with Gasteiger partial charge in [0.15, 0.2) is 18.7 Å². The van der Waals surface area contributed by atoms with E-state index in [1.807, 2.05) is 0 Å². The Bertz CT molecular complexity index is 2110. The third kappa shape index (κ3) is 39.3. The lowest BCUT2D eigenvalue weighted by molar-refractivity contribution is -0.360. The van der Waals surface area contributed by atoms with E-state index >= 15 is 0 Å². The molecule has 3 fully saturated rings. The van der Waals surface area contributed by atoms with E-state index in [2.05, 4.69) is 32.9 Å². The van der Waals surface area contributed by atoms with Crippen molar-refractivity contribution < 1.29 is 117 Å². The quantitative estimate of drug-likeness (QED) is 0.00886. The van der Waals surface area contributed by atoms with Gasteiger partial charge in [0, 0.05) is 19.3 Å². The molecule has 100 heavy (non-hydrogen) atoms. The Balaban J connectivity index is 1.71. The zero-order valence-electron chi connectivity index (χ0n) is 61.5. The lowest BCUT2D eigenvalue weighted by Gasteiger charge is -2.49. The Morgan fingerprint density at radius 1 is 0.380 bits per heavy atom. The highest BCUT2D eigenvalue weighted by molar-refractivity contribution is 7.47. The molecule has 2 saturated heterocycles. The van der Waals surface area contributed by atoms with Gasteiger partial charge >= 0.3 is 25.7 Å². The molecule has 1 aliphatic carbocycles. The van der Waals surface area contributed by atoms with E-state index < -0.39 is 156 Å². The first-order valence-electron chi connectivity index (χ1n) is 39.5. The second kappa shape index (κ2) is 57.0. The van der Waals surface area contributed by atoms with Crippen molar-refractivity contribution in [1.29, 1.82) is 0 Å². The number of esters is 3. The number of aliphatic hydroxyl groups excluding tert-OH is 10. The molecule has 0 spiro atoms. The fraction of sp³-hybridized carbons (Fsp3) is 0.933. The van der Waals surface area contributed by atoms with E-state index in [0.717, 1.165) is 96.3 Å². The second-order valence-corrected chi connectivity index (χ2v) is 29.8.